The standard InChI is InChI=1S/C19H25N5O4S/c1-20-29(26,27)17-6-4-15(5-7-17)13-22-19(25)23-14-16-3-2-8-21-18(16)24-9-11-28-12-10-24/h2-8,20H,9-14H2,1H3,(H2,22,23,25). The van der Waals surface area contributed by atoms with Gasteiger partial charge in [-0.05, 0) is 30.8 Å². The van der Waals surface area contributed by atoms with Crippen LogP contribution in [0.25, 0.3) is 0 Å². The highest BCUT2D eigenvalue weighted by Gasteiger charge is 2.16. The Morgan fingerprint density at radius 1 is 1.10 bits per heavy atom. The lowest BCUT2D eigenvalue weighted by Gasteiger charge is -2.29. The zero-order valence-electron chi connectivity index (χ0n) is 16.2. The largest absolute Gasteiger partial charge is 0.378 e. The third-order valence-corrected chi connectivity index (χ3v) is 6.00. The van der Waals surface area contributed by atoms with Gasteiger partial charge in [0.25, 0.3) is 0 Å². The van der Waals surface area contributed by atoms with Gasteiger partial charge < -0.3 is 20.3 Å². The lowest BCUT2D eigenvalue weighted by Crippen LogP contribution is -2.38. The quantitative estimate of drug-likeness (QED) is 0.613. The number of hydrogen-bond acceptors (Lipinski definition) is 6. The van der Waals surface area contributed by atoms with E-state index in [1.54, 1.807) is 18.3 Å². The first-order valence-corrected chi connectivity index (χ1v) is 10.8. The fraction of sp³-hybridized carbons (Fsp3) is 0.368. The molecule has 1 aliphatic heterocycles. The van der Waals surface area contributed by atoms with Crippen LogP contribution < -0.4 is 20.3 Å². The number of urea groups is 1. The number of pyridine rings is 1. The van der Waals surface area contributed by atoms with Crippen LogP contribution in [-0.4, -0.2) is 52.8 Å². The third-order valence-electron chi connectivity index (χ3n) is 4.57. The maximum absolute atomic E-state index is 12.2. The normalized spacial score (nSPS) is 14.4. The first-order valence-electron chi connectivity index (χ1n) is 9.30. The summed E-state index contributed by atoms with van der Waals surface area (Å²) >= 11 is 0. The number of benzene rings is 1. The van der Waals surface area contributed by atoms with Gasteiger partial charge in [-0.15, -0.1) is 0 Å². The van der Waals surface area contributed by atoms with Gasteiger partial charge in [0.2, 0.25) is 10.0 Å². The SMILES string of the molecule is CNS(=O)(=O)c1ccc(CNC(=O)NCc2cccnc2N2CCOCC2)cc1. The summed E-state index contributed by atoms with van der Waals surface area (Å²) in [5.74, 6) is 0.859. The average Bonchev–Trinajstić information content (AvgIpc) is 2.77. The number of nitrogens with zero attached hydrogens (tertiary/aromatic N) is 2. The van der Waals surface area contributed by atoms with E-state index in [2.05, 4.69) is 25.2 Å². The third kappa shape index (κ3) is 5.66. The number of nitrogens with one attached hydrogen (secondary N) is 3. The molecule has 1 aromatic carbocycles. The zero-order chi connectivity index (χ0) is 20.7. The van der Waals surface area contributed by atoms with Crippen molar-refractivity contribution < 1.29 is 17.9 Å². The summed E-state index contributed by atoms with van der Waals surface area (Å²) in [4.78, 5) is 19.0. The summed E-state index contributed by atoms with van der Waals surface area (Å²) in [5, 5.41) is 5.61. The van der Waals surface area contributed by atoms with Crippen LogP contribution in [0.1, 0.15) is 11.1 Å². The molecule has 156 valence electrons. The van der Waals surface area contributed by atoms with Crippen molar-refractivity contribution in [1.29, 1.82) is 0 Å². The van der Waals surface area contributed by atoms with E-state index in [0.717, 1.165) is 30.0 Å². The van der Waals surface area contributed by atoms with Gasteiger partial charge in [-0.2, -0.15) is 0 Å². The van der Waals surface area contributed by atoms with Gasteiger partial charge in [0.1, 0.15) is 5.82 Å². The van der Waals surface area contributed by atoms with Crippen molar-refractivity contribution in [2.24, 2.45) is 0 Å². The Morgan fingerprint density at radius 3 is 2.48 bits per heavy atom. The number of aromatic nitrogens is 1. The van der Waals surface area contributed by atoms with E-state index >= 15 is 0 Å². The zero-order valence-corrected chi connectivity index (χ0v) is 17.0. The van der Waals surface area contributed by atoms with Crippen LogP contribution >= 0.6 is 0 Å². The molecule has 0 spiro atoms. The number of carbonyl (C=O) groups excluding carboxylic acids is 1. The van der Waals surface area contributed by atoms with Gasteiger partial charge >= 0.3 is 6.03 Å². The van der Waals surface area contributed by atoms with Gasteiger partial charge in [0.05, 0.1) is 18.1 Å². The lowest BCUT2D eigenvalue weighted by molar-refractivity contribution is 0.122. The van der Waals surface area contributed by atoms with Crippen LogP contribution in [0.4, 0.5) is 10.6 Å². The number of amides is 2. The fourth-order valence-electron chi connectivity index (χ4n) is 2.95. The summed E-state index contributed by atoms with van der Waals surface area (Å²) in [5.41, 5.74) is 1.73. The van der Waals surface area contributed by atoms with Crippen LogP contribution in [0.5, 0.6) is 0 Å². The van der Waals surface area contributed by atoms with Crippen LogP contribution in [0.2, 0.25) is 0 Å². The Bertz CT molecular complexity index is 928. The minimum atomic E-state index is -3.47. The Balaban J connectivity index is 1.52. The van der Waals surface area contributed by atoms with Crippen molar-refractivity contribution in [1.82, 2.24) is 20.3 Å². The minimum Gasteiger partial charge on any atom is -0.378 e. The maximum Gasteiger partial charge on any atom is 0.315 e. The predicted octanol–water partition coefficient (Wildman–Crippen LogP) is 0.826. The van der Waals surface area contributed by atoms with Crippen molar-refractivity contribution in [3.63, 3.8) is 0 Å². The molecule has 1 fully saturated rings. The molecule has 29 heavy (non-hydrogen) atoms. The molecular weight excluding hydrogens is 394 g/mol. The molecule has 0 bridgehead atoms. The minimum absolute atomic E-state index is 0.181. The topological polar surface area (TPSA) is 113 Å². The van der Waals surface area contributed by atoms with Gasteiger partial charge in [0, 0.05) is 37.9 Å². The van der Waals surface area contributed by atoms with Crippen molar-refractivity contribution in [2.45, 2.75) is 18.0 Å². The van der Waals surface area contributed by atoms with E-state index in [0.29, 0.717) is 19.8 Å². The number of ether oxygens (including phenoxy) is 1. The predicted molar refractivity (Wildman–Crippen MR) is 109 cm³/mol. The second-order valence-electron chi connectivity index (χ2n) is 6.47. The fourth-order valence-corrected chi connectivity index (χ4v) is 3.68. The molecule has 9 nitrogen and oxygen atoms in total. The number of carbonyl (C=O) groups is 1. The van der Waals surface area contributed by atoms with Gasteiger partial charge in [-0.1, -0.05) is 18.2 Å². The number of morpholine rings is 1. The highest BCUT2D eigenvalue weighted by atomic mass is 32.2. The number of hydrogen-bond donors (Lipinski definition) is 3. The van der Waals surface area contributed by atoms with Gasteiger partial charge in [-0.25, -0.2) is 22.9 Å². The molecule has 0 aliphatic carbocycles. The number of anilines is 1. The first kappa shape index (κ1) is 21.0. The molecule has 3 rings (SSSR count). The number of rotatable bonds is 7. The van der Waals surface area contributed by atoms with Crippen LogP contribution in [0.15, 0.2) is 47.5 Å². The van der Waals surface area contributed by atoms with Crippen molar-refractivity contribution in [2.75, 3.05) is 38.3 Å². The first-order chi connectivity index (χ1) is 14.0. The summed E-state index contributed by atoms with van der Waals surface area (Å²) in [6.07, 6.45) is 1.74. The van der Waals surface area contributed by atoms with E-state index < -0.39 is 10.0 Å². The highest BCUT2D eigenvalue weighted by molar-refractivity contribution is 7.89. The molecule has 3 N–H and O–H groups in total. The second kappa shape index (κ2) is 9.68. The molecule has 2 amide bonds. The molecule has 0 unspecified atom stereocenters. The lowest BCUT2D eigenvalue weighted by atomic mass is 10.2. The van der Waals surface area contributed by atoms with E-state index in [9.17, 15) is 13.2 Å². The van der Waals surface area contributed by atoms with Crippen LogP contribution in [0, 0.1) is 0 Å². The second-order valence-corrected chi connectivity index (χ2v) is 8.36. The van der Waals surface area contributed by atoms with Crippen molar-refractivity contribution in [3.05, 3.63) is 53.7 Å². The van der Waals surface area contributed by atoms with Gasteiger partial charge in [0.15, 0.2) is 0 Å². The smallest absolute Gasteiger partial charge is 0.315 e. The molecule has 0 atom stereocenters. The maximum atomic E-state index is 12.2. The molecule has 1 saturated heterocycles. The van der Waals surface area contributed by atoms with E-state index in [1.165, 1.54) is 19.2 Å². The molecule has 0 saturated carbocycles. The average molecular weight is 420 g/mol. The monoisotopic (exact) mass is 419 g/mol. The summed E-state index contributed by atoms with van der Waals surface area (Å²) in [6, 6.07) is 9.83. The summed E-state index contributed by atoms with van der Waals surface area (Å²) < 4.78 is 31.1. The molecule has 1 aromatic heterocycles. The molecule has 2 aromatic rings. The van der Waals surface area contributed by atoms with Crippen LogP contribution in [-0.2, 0) is 27.8 Å². The molecular formula is C19H25N5O4S. The summed E-state index contributed by atoms with van der Waals surface area (Å²) in [7, 11) is -2.10. The van der Waals surface area contributed by atoms with Crippen LogP contribution in [0.3, 0.4) is 0 Å². The molecule has 1 aliphatic rings. The Hall–Kier alpha value is -2.69. The van der Waals surface area contributed by atoms with E-state index in [1.807, 2.05) is 12.1 Å². The highest BCUT2D eigenvalue weighted by Crippen LogP contribution is 2.18. The summed E-state index contributed by atoms with van der Waals surface area (Å²) in [6.45, 7) is 3.52. The van der Waals surface area contributed by atoms with E-state index in [-0.39, 0.29) is 17.5 Å². The molecule has 2 heterocycles. The number of sulfonamides is 1. The van der Waals surface area contributed by atoms with Gasteiger partial charge in [-0.3, -0.25) is 0 Å². The Labute approximate surface area is 170 Å². The Morgan fingerprint density at radius 2 is 1.79 bits per heavy atom. The van der Waals surface area contributed by atoms with Crippen molar-refractivity contribution in [3.8, 4) is 0 Å². The van der Waals surface area contributed by atoms with Crippen molar-refractivity contribution >= 4 is 21.9 Å². The Kier molecular flexibility index (Phi) is 7.02. The molecule has 0 radical (unpaired) electrons. The molecule has 10 heteroatoms. The van der Waals surface area contributed by atoms with E-state index in [4.69, 9.17) is 4.74 Å².